The van der Waals surface area contributed by atoms with Crippen LogP contribution in [-0.4, -0.2) is 24.5 Å². The van der Waals surface area contributed by atoms with E-state index in [0.717, 1.165) is 24.0 Å². The number of quaternary nitrogens is 1. The van der Waals surface area contributed by atoms with E-state index in [2.05, 4.69) is 11.2 Å². The van der Waals surface area contributed by atoms with Gasteiger partial charge in [-0.2, -0.15) is 5.48 Å². The van der Waals surface area contributed by atoms with E-state index in [-0.39, 0.29) is 37.4 Å². The lowest BCUT2D eigenvalue weighted by atomic mass is 10.1. The Morgan fingerprint density at radius 3 is 2.18 bits per heavy atom. The maximum Gasteiger partial charge on any atom is 0.365 e. The van der Waals surface area contributed by atoms with E-state index in [4.69, 9.17) is 9.57 Å². The Bertz CT molecular complexity index is 698. The SMILES string of the molecule is [Cl-].[NH3+][C@@H](CCCCNOC(=O)Cc1ccccc1)C(=O)OCc1ccccc1. The number of halogens is 1. The second-order valence-electron chi connectivity index (χ2n) is 6.32. The molecule has 0 fully saturated rings. The number of rotatable bonds is 11. The number of esters is 1. The maximum absolute atomic E-state index is 11.9. The van der Waals surface area contributed by atoms with Crippen LogP contribution in [0.15, 0.2) is 60.7 Å². The van der Waals surface area contributed by atoms with E-state index in [0.29, 0.717) is 13.0 Å². The van der Waals surface area contributed by atoms with Crippen LogP contribution in [-0.2, 0) is 32.2 Å². The number of nitrogens with one attached hydrogen (secondary N) is 1. The van der Waals surface area contributed by atoms with Crippen molar-refractivity contribution in [3.63, 3.8) is 0 Å². The van der Waals surface area contributed by atoms with E-state index < -0.39 is 6.04 Å². The lowest BCUT2D eigenvalue weighted by Gasteiger charge is -2.09. The third-order valence-electron chi connectivity index (χ3n) is 4.02. The lowest BCUT2D eigenvalue weighted by molar-refractivity contribution is -0.410. The first kappa shape index (κ1) is 23.6. The largest absolute Gasteiger partial charge is 1.00 e. The number of hydrogen-bond donors (Lipinski definition) is 2. The van der Waals surface area contributed by atoms with Gasteiger partial charge in [0.15, 0.2) is 6.04 Å². The fourth-order valence-electron chi connectivity index (χ4n) is 2.48. The van der Waals surface area contributed by atoms with Crippen molar-refractivity contribution < 1.29 is 37.3 Å². The van der Waals surface area contributed by atoms with Gasteiger partial charge in [0, 0.05) is 13.0 Å². The van der Waals surface area contributed by atoms with Gasteiger partial charge in [-0.15, -0.1) is 0 Å². The molecule has 28 heavy (non-hydrogen) atoms. The van der Waals surface area contributed by atoms with Gasteiger partial charge in [0.1, 0.15) is 6.61 Å². The molecule has 4 N–H and O–H groups in total. The van der Waals surface area contributed by atoms with Crippen molar-refractivity contribution in [1.29, 1.82) is 0 Å². The smallest absolute Gasteiger partial charge is 0.365 e. The average Bonchev–Trinajstić information content (AvgIpc) is 2.70. The van der Waals surface area contributed by atoms with Crippen molar-refractivity contribution in [3.8, 4) is 0 Å². The third-order valence-corrected chi connectivity index (χ3v) is 4.02. The number of unbranched alkanes of at least 4 members (excludes halogenated alkanes) is 1. The van der Waals surface area contributed by atoms with Crippen LogP contribution < -0.4 is 23.6 Å². The molecular formula is C21H27ClN2O4. The summed E-state index contributed by atoms with van der Waals surface area (Å²) in [5.41, 5.74) is 8.40. The Morgan fingerprint density at radius 1 is 0.929 bits per heavy atom. The van der Waals surface area contributed by atoms with Gasteiger partial charge in [-0.3, -0.25) is 4.79 Å². The highest BCUT2D eigenvalue weighted by atomic mass is 35.5. The average molecular weight is 407 g/mol. The first-order valence-corrected chi connectivity index (χ1v) is 9.15. The number of hydroxylamine groups is 1. The number of ether oxygens (including phenoxy) is 1. The van der Waals surface area contributed by atoms with Crippen LogP contribution in [0.4, 0.5) is 0 Å². The summed E-state index contributed by atoms with van der Waals surface area (Å²) in [4.78, 5) is 28.6. The lowest BCUT2D eigenvalue weighted by Crippen LogP contribution is -3.00. The predicted molar refractivity (Wildman–Crippen MR) is 101 cm³/mol. The molecule has 0 aromatic heterocycles. The highest BCUT2D eigenvalue weighted by Gasteiger charge is 2.18. The highest BCUT2D eigenvalue weighted by molar-refractivity contribution is 5.74. The molecular weight excluding hydrogens is 380 g/mol. The Morgan fingerprint density at radius 2 is 1.54 bits per heavy atom. The summed E-state index contributed by atoms with van der Waals surface area (Å²) < 4.78 is 5.27. The summed E-state index contributed by atoms with van der Waals surface area (Å²) in [7, 11) is 0. The summed E-state index contributed by atoms with van der Waals surface area (Å²) >= 11 is 0. The summed E-state index contributed by atoms with van der Waals surface area (Å²) in [5.74, 6) is -0.609. The van der Waals surface area contributed by atoms with Crippen molar-refractivity contribution in [2.45, 2.75) is 38.3 Å². The van der Waals surface area contributed by atoms with Crippen LogP contribution in [0.2, 0.25) is 0 Å². The molecule has 0 aliphatic heterocycles. The third kappa shape index (κ3) is 9.50. The molecule has 0 unspecified atom stereocenters. The first-order chi connectivity index (χ1) is 13.1. The standard InChI is InChI=1S/C21H26N2O4.ClH/c22-19(21(25)26-16-18-11-5-2-6-12-18)13-7-8-14-23-27-20(24)15-17-9-3-1-4-10-17;/h1-6,9-12,19,23H,7-8,13-16,22H2;1H/t19-;/m0./s1. The fraction of sp³-hybridized carbons (Fsp3) is 0.333. The summed E-state index contributed by atoms with van der Waals surface area (Å²) in [6, 6.07) is 18.6. The minimum Gasteiger partial charge on any atom is -1.00 e. The Kier molecular flexibility index (Phi) is 11.6. The van der Waals surface area contributed by atoms with Gasteiger partial charge >= 0.3 is 11.9 Å². The quantitative estimate of drug-likeness (QED) is 0.278. The van der Waals surface area contributed by atoms with Crippen molar-refractivity contribution in [2.75, 3.05) is 6.54 Å². The van der Waals surface area contributed by atoms with Gasteiger partial charge in [0.25, 0.3) is 0 Å². The van der Waals surface area contributed by atoms with Gasteiger partial charge in [-0.25, -0.2) is 4.79 Å². The van der Waals surface area contributed by atoms with Gasteiger partial charge < -0.3 is 27.7 Å². The molecule has 0 bridgehead atoms. The van der Waals surface area contributed by atoms with Crippen LogP contribution in [0.1, 0.15) is 30.4 Å². The van der Waals surface area contributed by atoms with Crippen LogP contribution >= 0.6 is 0 Å². The zero-order chi connectivity index (χ0) is 19.3. The summed E-state index contributed by atoms with van der Waals surface area (Å²) in [5, 5.41) is 0. The monoisotopic (exact) mass is 406 g/mol. The van der Waals surface area contributed by atoms with Crippen LogP contribution in [0, 0.1) is 0 Å². The zero-order valence-electron chi connectivity index (χ0n) is 15.8. The van der Waals surface area contributed by atoms with Crippen LogP contribution in [0.25, 0.3) is 0 Å². The molecule has 0 spiro atoms. The maximum atomic E-state index is 11.9. The molecule has 2 aromatic carbocycles. The van der Waals surface area contributed by atoms with Crippen molar-refractivity contribution in [2.24, 2.45) is 0 Å². The summed E-state index contributed by atoms with van der Waals surface area (Å²) in [6.45, 7) is 0.803. The van der Waals surface area contributed by atoms with E-state index >= 15 is 0 Å². The van der Waals surface area contributed by atoms with Crippen molar-refractivity contribution in [3.05, 3.63) is 71.8 Å². The Hall–Kier alpha value is -2.41. The van der Waals surface area contributed by atoms with E-state index in [9.17, 15) is 9.59 Å². The molecule has 152 valence electrons. The number of carbonyl (C=O) groups excluding carboxylic acids is 2. The number of hydrogen-bond acceptors (Lipinski definition) is 5. The van der Waals surface area contributed by atoms with Gasteiger partial charge in [-0.05, 0) is 24.0 Å². The molecule has 1 atom stereocenters. The molecule has 0 saturated carbocycles. The topological polar surface area (TPSA) is 92.3 Å². The van der Waals surface area contributed by atoms with E-state index in [1.165, 1.54) is 0 Å². The molecule has 7 heteroatoms. The zero-order valence-corrected chi connectivity index (χ0v) is 16.6. The molecule has 0 saturated heterocycles. The van der Waals surface area contributed by atoms with Crippen molar-refractivity contribution >= 4 is 11.9 Å². The van der Waals surface area contributed by atoms with Crippen molar-refractivity contribution in [1.82, 2.24) is 5.48 Å². The first-order valence-electron chi connectivity index (χ1n) is 9.15. The second-order valence-corrected chi connectivity index (χ2v) is 6.32. The predicted octanol–water partition coefficient (Wildman–Crippen LogP) is -1.19. The van der Waals surface area contributed by atoms with Crippen LogP contribution in [0.3, 0.4) is 0 Å². The number of benzene rings is 2. The molecule has 2 rings (SSSR count). The molecule has 0 heterocycles. The number of carbonyl (C=O) groups is 2. The van der Waals surface area contributed by atoms with Gasteiger partial charge in [-0.1, -0.05) is 60.7 Å². The molecule has 2 aromatic rings. The minimum atomic E-state index is -0.394. The normalized spacial score (nSPS) is 11.2. The van der Waals surface area contributed by atoms with Gasteiger partial charge in [0.2, 0.25) is 0 Å². The molecule has 6 nitrogen and oxygen atoms in total. The Balaban J connectivity index is 0.00000392. The highest BCUT2D eigenvalue weighted by Crippen LogP contribution is 2.04. The molecule has 0 radical (unpaired) electrons. The van der Waals surface area contributed by atoms with Gasteiger partial charge in [0.05, 0.1) is 6.42 Å². The minimum absolute atomic E-state index is 0. The Labute approximate surface area is 171 Å². The molecule has 0 aliphatic carbocycles. The second kappa shape index (κ2) is 13.7. The van der Waals surface area contributed by atoms with E-state index in [1.54, 1.807) is 0 Å². The molecule has 0 aliphatic rings. The summed E-state index contributed by atoms with van der Waals surface area (Å²) in [6.07, 6.45) is 2.43. The van der Waals surface area contributed by atoms with E-state index in [1.807, 2.05) is 60.7 Å². The van der Waals surface area contributed by atoms with Crippen LogP contribution in [0.5, 0.6) is 0 Å². The fourth-order valence-corrected chi connectivity index (χ4v) is 2.48. The molecule has 0 amide bonds.